The second kappa shape index (κ2) is 9.04. The van der Waals surface area contributed by atoms with E-state index in [2.05, 4.69) is 5.32 Å². The SMILES string of the molecule is CCOc1cc(C(=O)O[C@H](C)C(=O)Nc2sccc2C(N)=O)ccc1OC. The Kier molecular flexibility index (Phi) is 6.78. The average molecular weight is 392 g/mol. The average Bonchev–Trinajstić information content (AvgIpc) is 3.10. The van der Waals surface area contributed by atoms with Gasteiger partial charge in [0.05, 0.1) is 24.8 Å². The summed E-state index contributed by atoms with van der Waals surface area (Å²) in [6.07, 6.45) is -1.09. The van der Waals surface area contributed by atoms with Crippen LogP contribution in [0.1, 0.15) is 34.6 Å². The van der Waals surface area contributed by atoms with Crippen molar-refractivity contribution in [3.8, 4) is 11.5 Å². The number of carbonyl (C=O) groups excluding carboxylic acids is 3. The van der Waals surface area contributed by atoms with E-state index in [1.165, 1.54) is 32.2 Å². The van der Waals surface area contributed by atoms with Crippen LogP contribution in [0.2, 0.25) is 0 Å². The normalized spacial score (nSPS) is 11.4. The summed E-state index contributed by atoms with van der Waals surface area (Å²) in [5.41, 5.74) is 5.65. The first kappa shape index (κ1) is 20.2. The van der Waals surface area contributed by atoms with E-state index in [4.69, 9.17) is 19.9 Å². The van der Waals surface area contributed by atoms with Crippen LogP contribution in [0.5, 0.6) is 11.5 Å². The fraction of sp³-hybridized carbons (Fsp3) is 0.278. The third-order valence-electron chi connectivity index (χ3n) is 3.52. The third-order valence-corrected chi connectivity index (χ3v) is 4.35. The van der Waals surface area contributed by atoms with Crippen molar-refractivity contribution >= 4 is 34.1 Å². The topological polar surface area (TPSA) is 117 Å². The lowest BCUT2D eigenvalue weighted by atomic mass is 10.2. The Bertz CT molecular complexity index is 848. The molecule has 2 aromatic rings. The molecule has 1 heterocycles. The second-order valence-electron chi connectivity index (χ2n) is 5.36. The summed E-state index contributed by atoms with van der Waals surface area (Å²) in [4.78, 5) is 35.9. The zero-order chi connectivity index (χ0) is 20.0. The molecule has 0 aliphatic heterocycles. The minimum atomic E-state index is -1.09. The van der Waals surface area contributed by atoms with Crippen LogP contribution < -0.4 is 20.5 Å². The number of nitrogens with two attached hydrogens (primary N) is 1. The van der Waals surface area contributed by atoms with Crippen LogP contribution in [0.3, 0.4) is 0 Å². The van der Waals surface area contributed by atoms with E-state index in [0.29, 0.717) is 23.1 Å². The van der Waals surface area contributed by atoms with Gasteiger partial charge in [-0.1, -0.05) is 0 Å². The summed E-state index contributed by atoms with van der Waals surface area (Å²) >= 11 is 1.15. The maximum atomic E-state index is 12.3. The Morgan fingerprint density at radius 3 is 2.59 bits per heavy atom. The number of carbonyl (C=O) groups is 3. The van der Waals surface area contributed by atoms with Crippen molar-refractivity contribution in [3.05, 3.63) is 40.8 Å². The summed E-state index contributed by atoms with van der Waals surface area (Å²) in [5.74, 6) is -1.04. The van der Waals surface area contributed by atoms with Gasteiger partial charge >= 0.3 is 5.97 Å². The summed E-state index contributed by atoms with van der Waals surface area (Å²) in [5, 5.41) is 4.46. The van der Waals surface area contributed by atoms with Gasteiger partial charge in [-0.25, -0.2) is 4.79 Å². The predicted molar refractivity (Wildman–Crippen MR) is 101 cm³/mol. The molecule has 9 heteroatoms. The van der Waals surface area contributed by atoms with Gasteiger partial charge in [-0.2, -0.15) is 0 Å². The van der Waals surface area contributed by atoms with Crippen molar-refractivity contribution in [1.82, 2.24) is 0 Å². The maximum Gasteiger partial charge on any atom is 0.339 e. The molecule has 1 atom stereocenters. The van der Waals surface area contributed by atoms with E-state index in [1.54, 1.807) is 11.4 Å². The van der Waals surface area contributed by atoms with Gasteiger partial charge in [-0.05, 0) is 43.5 Å². The summed E-state index contributed by atoms with van der Waals surface area (Å²) in [6.45, 7) is 3.64. The first-order chi connectivity index (χ1) is 12.9. The van der Waals surface area contributed by atoms with Crippen molar-refractivity contribution < 1.29 is 28.6 Å². The Morgan fingerprint density at radius 2 is 1.96 bits per heavy atom. The van der Waals surface area contributed by atoms with Crippen molar-refractivity contribution in [2.45, 2.75) is 20.0 Å². The number of rotatable bonds is 8. The highest BCUT2D eigenvalue weighted by atomic mass is 32.1. The monoisotopic (exact) mass is 392 g/mol. The van der Waals surface area contributed by atoms with E-state index in [1.807, 2.05) is 6.92 Å². The van der Waals surface area contributed by atoms with E-state index in [9.17, 15) is 14.4 Å². The van der Waals surface area contributed by atoms with Gasteiger partial charge in [0.2, 0.25) is 0 Å². The lowest BCUT2D eigenvalue weighted by molar-refractivity contribution is -0.123. The van der Waals surface area contributed by atoms with Crippen molar-refractivity contribution in [1.29, 1.82) is 0 Å². The number of primary amides is 1. The highest BCUT2D eigenvalue weighted by molar-refractivity contribution is 7.14. The standard InChI is InChI=1S/C18H20N2O6S/c1-4-25-14-9-11(5-6-13(14)24-3)18(23)26-10(2)16(22)20-17-12(15(19)21)7-8-27-17/h5-10H,4H2,1-3H3,(H2,19,21)(H,20,22)/t10-/m1/s1. The highest BCUT2D eigenvalue weighted by Gasteiger charge is 2.22. The Hall–Kier alpha value is -3.07. The van der Waals surface area contributed by atoms with E-state index in [0.717, 1.165) is 11.3 Å². The maximum absolute atomic E-state index is 12.3. The highest BCUT2D eigenvalue weighted by Crippen LogP contribution is 2.28. The number of esters is 1. The Balaban J connectivity index is 2.06. The van der Waals surface area contributed by atoms with Crippen LogP contribution >= 0.6 is 11.3 Å². The number of thiophene rings is 1. The molecule has 144 valence electrons. The molecular weight excluding hydrogens is 372 g/mol. The summed E-state index contributed by atoms with van der Waals surface area (Å²) in [6, 6.07) is 6.08. The van der Waals surface area contributed by atoms with E-state index >= 15 is 0 Å². The van der Waals surface area contributed by atoms with Crippen molar-refractivity contribution in [3.63, 3.8) is 0 Å². The van der Waals surface area contributed by atoms with Crippen LogP contribution in [0.4, 0.5) is 5.00 Å². The molecule has 3 N–H and O–H groups in total. The van der Waals surface area contributed by atoms with Crippen LogP contribution in [-0.2, 0) is 9.53 Å². The third kappa shape index (κ3) is 4.98. The lowest BCUT2D eigenvalue weighted by Gasteiger charge is -2.14. The molecule has 1 aromatic heterocycles. The molecular formula is C18H20N2O6S. The summed E-state index contributed by atoms with van der Waals surface area (Å²) in [7, 11) is 1.49. The van der Waals surface area contributed by atoms with Crippen molar-refractivity contribution in [2.75, 3.05) is 19.0 Å². The van der Waals surface area contributed by atoms with Gasteiger partial charge in [0.15, 0.2) is 17.6 Å². The molecule has 0 saturated carbocycles. The molecule has 8 nitrogen and oxygen atoms in total. The quantitative estimate of drug-likeness (QED) is 0.667. The number of nitrogens with one attached hydrogen (secondary N) is 1. The zero-order valence-corrected chi connectivity index (χ0v) is 15.9. The van der Waals surface area contributed by atoms with Gasteiger partial charge in [-0.3, -0.25) is 9.59 Å². The van der Waals surface area contributed by atoms with Crippen LogP contribution in [0.25, 0.3) is 0 Å². The number of benzene rings is 1. The van der Waals surface area contributed by atoms with Crippen LogP contribution in [-0.4, -0.2) is 37.6 Å². The fourth-order valence-electron chi connectivity index (χ4n) is 2.17. The first-order valence-electron chi connectivity index (χ1n) is 8.07. The molecule has 0 fully saturated rings. The smallest absolute Gasteiger partial charge is 0.339 e. The molecule has 2 amide bonds. The minimum Gasteiger partial charge on any atom is -0.493 e. The fourth-order valence-corrected chi connectivity index (χ4v) is 2.96. The number of ether oxygens (including phenoxy) is 3. The molecule has 0 spiro atoms. The Morgan fingerprint density at radius 1 is 1.22 bits per heavy atom. The number of hydrogen-bond acceptors (Lipinski definition) is 7. The largest absolute Gasteiger partial charge is 0.493 e. The van der Waals surface area contributed by atoms with E-state index < -0.39 is 23.9 Å². The Labute approximate surface area is 160 Å². The zero-order valence-electron chi connectivity index (χ0n) is 15.1. The van der Waals surface area contributed by atoms with Gasteiger partial charge in [0, 0.05) is 0 Å². The molecule has 0 unspecified atom stereocenters. The molecule has 0 bridgehead atoms. The molecule has 0 radical (unpaired) electrons. The second-order valence-corrected chi connectivity index (χ2v) is 6.28. The molecule has 0 aliphatic rings. The van der Waals surface area contributed by atoms with Crippen LogP contribution in [0.15, 0.2) is 29.6 Å². The van der Waals surface area contributed by atoms with Gasteiger partial charge in [-0.15, -0.1) is 11.3 Å². The molecule has 27 heavy (non-hydrogen) atoms. The first-order valence-corrected chi connectivity index (χ1v) is 8.95. The number of hydrogen-bond donors (Lipinski definition) is 2. The molecule has 1 aromatic carbocycles. The van der Waals surface area contributed by atoms with Crippen LogP contribution in [0, 0.1) is 0 Å². The van der Waals surface area contributed by atoms with Gasteiger partial charge in [0.1, 0.15) is 5.00 Å². The van der Waals surface area contributed by atoms with Gasteiger partial charge in [0.25, 0.3) is 11.8 Å². The predicted octanol–water partition coefficient (Wildman–Crippen LogP) is 2.44. The molecule has 0 saturated heterocycles. The van der Waals surface area contributed by atoms with Gasteiger partial charge < -0.3 is 25.3 Å². The number of methoxy groups -OCH3 is 1. The van der Waals surface area contributed by atoms with Crippen molar-refractivity contribution in [2.24, 2.45) is 5.73 Å². The molecule has 2 rings (SSSR count). The summed E-state index contributed by atoms with van der Waals surface area (Å²) < 4.78 is 15.8. The van der Waals surface area contributed by atoms with E-state index in [-0.39, 0.29) is 11.1 Å². The minimum absolute atomic E-state index is 0.198. The molecule has 0 aliphatic carbocycles. The number of anilines is 1. The number of amides is 2. The lowest BCUT2D eigenvalue weighted by Crippen LogP contribution is -2.30.